The van der Waals surface area contributed by atoms with E-state index in [0.29, 0.717) is 28.4 Å². The quantitative estimate of drug-likeness (QED) is 0.774. The first-order valence-corrected chi connectivity index (χ1v) is 10.9. The molecular formula is C20H23ClN2O4S. The van der Waals surface area contributed by atoms with Crippen molar-refractivity contribution in [2.75, 3.05) is 24.5 Å². The molecule has 0 radical (unpaired) electrons. The summed E-state index contributed by atoms with van der Waals surface area (Å²) in [7, 11) is -2.24. The van der Waals surface area contributed by atoms with E-state index >= 15 is 0 Å². The van der Waals surface area contributed by atoms with Crippen LogP contribution in [0.2, 0.25) is 5.02 Å². The average molecular weight is 423 g/mol. The molecule has 1 saturated heterocycles. The highest BCUT2D eigenvalue weighted by Gasteiger charge is 2.23. The molecule has 8 heteroatoms. The lowest BCUT2D eigenvalue weighted by Crippen LogP contribution is -2.32. The van der Waals surface area contributed by atoms with Gasteiger partial charge in [0.15, 0.2) is 0 Å². The molecule has 150 valence electrons. The normalized spacial score (nSPS) is 16.8. The fraction of sp³-hybridized carbons (Fsp3) is 0.350. The number of nitrogens with one attached hydrogen (secondary N) is 1. The Labute approximate surface area is 170 Å². The van der Waals surface area contributed by atoms with Crippen molar-refractivity contribution in [3.63, 3.8) is 0 Å². The second-order valence-corrected chi connectivity index (χ2v) is 9.18. The topological polar surface area (TPSA) is 75.7 Å². The largest absolute Gasteiger partial charge is 0.376 e. The molecule has 3 rings (SSSR count). The van der Waals surface area contributed by atoms with Crippen molar-refractivity contribution < 1.29 is 17.9 Å². The van der Waals surface area contributed by atoms with Crippen LogP contribution in [0, 0.1) is 6.92 Å². The standard InChI is InChI=1S/C20H23ClN2O4S/c1-14-12-15(20(24)22-13-17-4-3-11-27-17)5-10-19(14)23(2)28(25,26)18-8-6-16(21)7-9-18/h5-10,12,17H,3-4,11,13H2,1-2H3,(H,22,24)/t17-/m1/s1. The fourth-order valence-corrected chi connectivity index (χ4v) is 4.54. The molecular weight excluding hydrogens is 400 g/mol. The van der Waals surface area contributed by atoms with Crippen LogP contribution in [0.4, 0.5) is 5.69 Å². The lowest BCUT2D eigenvalue weighted by atomic mass is 10.1. The van der Waals surface area contributed by atoms with E-state index in [-0.39, 0.29) is 16.9 Å². The Bertz CT molecular complexity index is 955. The molecule has 1 amide bonds. The van der Waals surface area contributed by atoms with Crippen LogP contribution in [-0.4, -0.2) is 40.6 Å². The van der Waals surface area contributed by atoms with Crippen molar-refractivity contribution in [1.82, 2.24) is 5.32 Å². The van der Waals surface area contributed by atoms with Gasteiger partial charge in [-0.1, -0.05) is 11.6 Å². The van der Waals surface area contributed by atoms with Gasteiger partial charge in [-0.3, -0.25) is 9.10 Å². The maximum absolute atomic E-state index is 12.9. The number of aryl methyl sites for hydroxylation is 1. The number of nitrogens with zero attached hydrogens (tertiary/aromatic N) is 1. The second kappa shape index (κ2) is 8.51. The predicted octanol–water partition coefficient (Wildman–Crippen LogP) is 3.38. The molecule has 0 spiro atoms. The Hall–Kier alpha value is -2.09. The molecule has 1 heterocycles. The third-order valence-corrected chi connectivity index (χ3v) is 6.82. The maximum atomic E-state index is 12.9. The first-order chi connectivity index (χ1) is 13.3. The minimum absolute atomic E-state index is 0.0694. The average Bonchev–Trinajstić information content (AvgIpc) is 3.19. The number of anilines is 1. The van der Waals surface area contributed by atoms with Gasteiger partial charge < -0.3 is 10.1 Å². The Kier molecular flexibility index (Phi) is 6.27. The van der Waals surface area contributed by atoms with Crippen molar-refractivity contribution in [1.29, 1.82) is 0 Å². The van der Waals surface area contributed by atoms with Gasteiger partial charge in [0.1, 0.15) is 0 Å². The highest BCUT2D eigenvalue weighted by atomic mass is 35.5. The molecule has 2 aromatic rings. The smallest absolute Gasteiger partial charge is 0.264 e. The number of ether oxygens (including phenoxy) is 1. The molecule has 0 aromatic heterocycles. The van der Waals surface area contributed by atoms with E-state index in [1.54, 1.807) is 25.1 Å². The van der Waals surface area contributed by atoms with Crippen LogP contribution in [0.3, 0.4) is 0 Å². The molecule has 2 aromatic carbocycles. The van der Waals surface area contributed by atoms with Crippen LogP contribution >= 0.6 is 11.6 Å². The first kappa shape index (κ1) is 20.6. The van der Waals surface area contributed by atoms with Gasteiger partial charge in [-0.25, -0.2) is 8.42 Å². The Morgan fingerprint density at radius 1 is 1.25 bits per heavy atom. The summed E-state index contributed by atoms with van der Waals surface area (Å²) < 4.78 is 32.4. The van der Waals surface area contributed by atoms with E-state index in [2.05, 4.69) is 5.32 Å². The van der Waals surface area contributed by atoms with E-state index in [4.69, 9.17) is 16.3 Å². The summed E-state index contributed by atoms with van der Waals surface area (Å²) in [6, 6.07) is 11.0. The summed E-state index contributed by atoms with van der Waals surface area (Å²) in [6.45, 7) is 2.99. The Balaban J connectivity index is 1.75. The van der Waals surface area contributed by atoms with Gasteiger partial charge in [-0.05, 0) is 67.8 Å². The molecule has 6 nitrogen and oxygen atoms in total. The number of sulfonamides is 1. The van der Waals surface area contributed by atoms with E-state index in [1.807, 2.05) is 0 Å². The predicted molar refractivity (Wildman–Crippen MR) is 110 cm³/mol. The number of carbonyl (C=O) groups excluding carboxylic acids is 1. The highest BCUT2D eigenvalue weighted by molar-refractivity contribution is 7.92. The summed E-state index contributed by atoms with van der Waals surface area (Å²) in [6.07, 6.45) is 2.04. The van der Waals surface area contributed by atoms with Crippen LogP contribution in [0.15, 0.2) is 47.4 Å². The number of amides is 1. The SMILES string of the molecule is Cc1cc(C(=O)NC[C@H]2CCCO2)ccc1N(C)S(=O)(=O)c1ccc(Cl)cc1. The van der Waals surface area contributed by atoms with Gasteiger partial charge in [0.2, 0.25) is 0 Å². The molecule has 0 saturated carbocycles. The third-order valence-electron chi connectivity index (χ3n) is 4.78. The van der Waals surface area contributed by atoms with Crippen molar-refractivity contribution >= 4 is 33.2 Å². The lowest BCUT2D eigenvalue weighted by Gasteiger charge is -2.22. The fourth-order valence-electron chi connectivity index (χ4n) is 3.16. The van der Waals surface area contributed by atoms with E-state index in [0.717, 1.165) is 19.4 Å². The Morgan fingerprint density at radius 3 is 2.57 bits per heavy atom. The summed E-state index contributed by atoms with van der Waals surface area (Å²) in [5.74, 6) is -0.201. The molecule has 28 heavy (non-hydrogen) atoms. The molecule has 1 atom stereocenters. The molecule has 1 aliphatic rings. The van der Waals surface area contributed by atoms with Gasteiger partial charge >= 0.3 is 0 Å². The summed E-state index contributed by atoms with van der Waals surface area (Å²) in [4.78, 5) is 12.5. The minimum Gasteiger partial charge on any atom is -0.376 e. The summed E-state index contributed by atoms with van der Waals surface area (Å²) in [5.41, 5.74) is 1.67. The zero-order valence-electron chi connectivity index (χ0n) is 15.8. The number of halogens is 1. The Morgan fingerprint density at radius 2 is 1.96 bits per heavy atom. The van der Waals surface area contributed by atoms with Crippen LogP contribution in [0.25, 0.3) is 0 Å². The monoisotopic (exact) mass is 422 g/mol. The molecule has 1 aliphatic heterocycles. The van der Waals surface area contributed by atoms with Crippen molar-refractivity contribution in [3.05, 3.63) is 58.6 Å². The van der Waals surface area contributed by atoms with Gasteiger partial charge in [0.05, 0.1) is 16.7 Å². The van der Waals surface area contributed by atoms with Crippen molar-refractivity contribution in [2.24, 2.45) is 0 Å². The molecule has 0 aliphatic carbocycles. The van der Waals surface area contributed by atoms with Crippen LogP contribution in [0.1, 0.15) is 28.8 Å². The van der Waals surface area contributed by atoms with Crippen LogP contribution < -0.4 is 9.62 Å². The molecule has 0 unspecified atom stereocenters. The number of benzene rings is 2. The molecule has 0 bridgehead atoms. The van der Waals surface area contributed by atoms with E-state index in [9.17, 15) is 13.2 Å². The maximum Gasteiger partial charge on any atom is 0.264 e. The summed E-state index contributed by atoms with van der Waals surface area (Å²) in [5, 5.41) is 3.34. The van der Waals surface area contributed by atoms with Crippen LogP contribution in [0.5, 0.6) is 0 Å². The van der Waals surface area contributed by atoms with E-state index < -0.39 is 10.0 Å². The van der Waals surface area contributed by atoms with Gasteiger partial charge in [-0.2, -0.15) is 0 Å². The van der Waals surface area contributed by atoms with E-state index in [1.165, 1.54) is 35.6 Å². The number of carbonyl (C=O) groups is 1. The molecule has 1 N–H and O–H groups in total. The minimum atomic E-state index is -3.73. The van der Waals surface area contributed by atoms with Gasteiger partial charge in [-0.15, -0.1) is 0 Å². The number of hydrogen-bond acceptors (Lipinski definition) is 4. The third kappa shape index (κ3) is 4.48. The van der Waals surface area contributed by atoms with Gasteiger partial charge in [0, 0.05) is 30.8 Å². The highest BCUT2D eigenvalue weighted by Crippen LogP contribution is 2.27. The van der Waals surface area contributed by atoms with Crippen LogP contribution in [-0.2, 0) is 14.8 Å². The number of rotatable bonds is 6. The van der Waals surface area contributed by atoms with Crippen molar-refractivity contribution in [3.8, 4) is 0 Å². The number of hydrogen-bond donors (Lipinski definition) is 1. The molecule has 1 fully saturated rings. The lowest BCUT2D eigenvalue weighted by molar-refractivity contribution is 0.0857. The zero-order valence-corrected chi connectivity index (χ0v) is 17.4. The van der Waals surface area contributed by atoms with Gasteiger partial charge in [0.25, 0.3) is 15.9 Å². The second-order valence-electron chi connectivity index (χ2n) is 6.77. The summed E-state index contributed by atoms with van der Waals surface area (Å²) >= 11 is 5.84. The zero-order chi connectivity index (χ0) is 20.3. The first-order valence-electron chi connectivity index (χ1n) is 9.04. The van der Waals surface area contributed by atoms with Crippen molar-refractivity contribution in [2.45, 2.75) is 30.8 Å².